The number of rotatable bonds is 9. The Bertz CT molecular complexity index is 629. The molecule has 1 unspecified atom stereocenters. The summed E-state index contributed by atoms with van der Waals surface area (Å²) in [6.07, 6.45) is 2.02. The molecule has 29 heavy (non-hydrogen) atoms. The number of halogens is 1. The highest BCUT2D eigenvalue weighted by Crippen LogP contribution is 2.19. The predicted octanol–water partition coefficient (Wildman–Crippen LogP) is 3.11. The normalized spacial score (nSPS) is 15.6. The number of carbonyl (C=O) groups excluding carboxylic acids is 2. The lowest BCUT2D eigenvalue weighted by Gasteiger charge is -2.35. The zero-order chi connectivity index (χ0) is 20.5. The Labute approximate surface area is 181 Å². The van der Waals surface area contributed by atoms with E-state index in [1.165, 1.54) is 0 Å². The predicted molar refractivity (Wildman–Crippen MR) is 119 cm³/mol. The van der Waals surface area contributed by atoms with Gasteiger partial charge in [-0.05, 0) is 69.0 Å². The minimum absolute atomic E-state index is 0. The number of nitrogens with one attached hydrogen (secondary N) is 2. The Morgan fingerprint density at radius 2 is 1.76 bits per heavy atom. The van der Waals surface area contributed by atoms with E-state index >= 15 is 0 Å². The minimum atomic E-state index is -0.510. The van der Waals surface area contributed by atoms with Crippen molar-refractivity contribution < 1.29 is 14.3 Å². The second kappa shape index (κ2) is 12.7. The molecule has 2 N–H and O–H groups in total. The van der Waals surface area contributed by atoms with E-state index in [4.69, 9.17) is 4.74 Å². The van der Waals surface area contributed by atoms with Gasteiger partial charge in [-0.25, -0.2) is 0 Å². The maximum Gasteiger partial charge on any atom is 0.251 e. The van der Waals surface area contributed by atoms with Crippen LogP contribution in [0.4, 0.5) is 0 Å². The Hall–Kier alpha value is -1.79. The SMILES string of the molecule is CCNCC1CCN(C(=O)C(NC(=O)c2ccc(OCC)cc2)C(C)C)CC1.Cl. The minimum Gasteiger partial charge on any atom is -0.494 e. The second-order valence-corrected chi connectivity index (χ2v) is 7.73. The maximum absolute atomic E-state index is 13.0. The van der Waals surface area contributed by atoms with Crippen LogP contribution in [0.1, 0.15) is 50.9 Å². The van der Waals surface area contributed by atoms with Crippen LogP contribution in [0.2, 0.25) is 0 Å². The Balaban J connectivity index is 0.00000420. The summed E-state index contributed by atoms with van der Waals surface area (Å²) in [5.74, 6) is 1.18. The van der Waals surface area contributed by atoms with Crippen LogP contribution in [0.5, 0.6) is 5.75 Å². The standard InChI is InChI=1S/C22H35N3O3.ClH/c1-5-23-15-17-11-13-25(14-12-17)22(27)20(16(3)4)24-21(26)18-7-9-19(10-8-18)28-6-2;/h7-10,16-17,20,23H,5-6,11-15H2,1-4H3,(H,24,26);1H. The van der Waals surface area contributed by atoms with Gasteiger partial charge in [0.2, 0.25) is 5.91 Å². The lowest BCUT2D eigenvalue weighted by molar-refractivity contribution is -0.135. The molecule has 1 saturated heterocycles. The fourth-order valence-corrected chi connectivity index (χ4v) is 3.51. The van der Waals surface area contributed by atoms with Crippen molar-refractivity contribution in [3.63, 3.8) is 0 Å². The fraction of sp³-hybridized carbons (Fsp3) is 0.636. The Kier molecular flexibility index (Phi) is 11.1. The van der Waals surface area contributed by atoms with Crippen LogP contribution in [-0.4, -0.2) is 55.5 Å². The molecule has 1 aliphatic heterocycles. The van der Waals surface area contributed by atoms with Gasteiger partial charge in [0.15, 0.2) is 0 Å². The first-order valence-corrected chi connectivity index (χ1v) is 10.5. The number of piperidine rings is 1. The number of carbonyl (C=O) groups is 2. The highest BCUT2D eigenvalue weighted by molar-refractivity contribution is 5.97. The third-order valence-electron chi connectivity index (χ3n) is 5.26. The molecule has 0 saturated carbocycles. The van der Waals surface area contributed by atoms with E-state index in [0.29, 0.717) is 18.1 Å². The van der Waals surface area contributed by atoms with Crippen molar-refractivity contribution in [2.75, 3.05) is 32.8 Å². The Morgan fingerprint density at radius 3 is 2.28 bits per heavy atom. The fourth-order valence-electron chi connectivity index (χ4n) is 3.51. The first-order chi connectivity index (χ1) is 13.5. The monoisotopic (exact) mass is 425 g/mol. The zero-order valence-electron chi connectivity index (χ0n) is 18.1. The van der Waals surface area contributed by atoms with Crippen molar-refractivity contribution in [2.24, 2.45) is 11.8 Å². The van der Waals surface area contributed by atoms with Gasteiger partial charge < -0.3 is 20.3 Å². The van der Waals surface area contributed by atoms with Gasteiger partial charge in [-0.3, -0.25) is 9.59 Å². The quantitative estimate of drug-likeness (QED) is 0.637. The van der Waals surface area contributed by atoms with E-state index in [-0.39, 0.29) is 30.1 Å². The average molecular weight is 426 g/mol. The van der Waals surface area contributed by atoms with Gasteiger partial charge in [0.05, 0.1) is 6.61 Å². The van der Waals surface area contributed by atoms with Crippen molar-refractivity contribution in [1.82, 2.24) is 15.5 Å². The van der Waals surface area contributed by atoms with Crippen LogP contribution in [0.25, 0.3) is 0 Å². The molecular formula is C22H36ClN3O3. The van der Waals surface area contributed by atoms with E-state index < -0.39 is 6.04 Å². The van der Waals surface area contributed by atoms with Gasteiger partial charge in [0.25, 0.3) is 5.91 Å². The number of amides is 2. The molecule has 1 aromatic rings. The average Bonchev–Trinajstić information content (AvgIpc) is 2.70. The smallest absolute Gasteiger partial charge is 0.251 e. The van der Waals surface area contributed by atoms with E-state index in [1.807, 2.05) is 25.7 Å². The van der Waals surface area contributed by atoms with Gasteiger partial charge in [-0.2, -0.15) is 0 Å². The summed E-state index contributed by atoms with van der Waals surface area (Å²) >= 11 is 0. The number of hydrogen-bond acceptors (Lipinski definition) is 4. The summed E-state index contributed by atoms with van der Waals surface area (Å²) in [5.41, 5.74) is 0.534. The van der Waals surface area contributed by atoms with Gasteiger partial charge in [0.1, 0.15) is 11.8 Å². The van der Waals surface area contributed by atoms with Crippen LogP contribution in [-0.2, 0) is 4.79 Å². The molecule has 2 amide bonds. The third kappa shape index (κ3) is 7.52. The second-order valence-electron chi connectivity index (χ2n) is 7.73. The van der Waals surface area contributed by atoms with Crippen molar-refractivity contribution in [3.8, 4) is 5.75 Å². The number of hydrogen-bond donors (Lipinski definition) is 2. The van der Waals surface area contributed by atoms with Crippen LogP contribution < -0.4 is 15.4 Å². The van der Waals surface area contributed by atoms with Crippen molar-refractivity contribution in [2.45, 2.75) is 46.6 Å². The highest BCUT2D eigenvalue weighted by atomic mass is 35.5. The molecule has 2 rings (SSSR count). The van der Waals surface area contributed by atoms with E-state index in [9.17, 15) is 9.59 Å². The van der Waals surface area contributed by atoms with E-state index in [1.54, 1.807) is 24.3 Å². The summed E-state index contributed by atoms with van der Waals surface area (Å²) in [4.78, 5) is 27.6. The van der Waals surface area contributed by atoms with Crippen LogP contribution in [0.3, 0.4) is 0 Å². The molecular weight excluding hydrogens is 390 g/mol. The molecule has 0 radical (unpaired) electrons. The van der Waals surface area contributed by atoms with E-state index in [0.717, 1.165) is 44.8 Å². The summed E-state index contributed by atoms with van der Waals surface area (Å²) in [5, 5.41) is 6.33. The summed E-state index contributed by atoms with van der Waals surface area (Å²) in [6.45, 7) is 12.1. The van der Waals surface area contributed by atoms with Gasteiger partial charge in [0, 0.05) is 18.7 Å². The number of benzene rings is 1. The summed E-state index contributed by atoms with van der Waals surface area (Å²) < 4.78 is 5.41. The molecule has 0 aliphatic carbocycles. The number of nitrogens with zero attached hydrogens (tertiary/aromatic N) is 1. The third-order valence-corrected chi connectivity index (χ3v) is 5.26. The molecule has 1 atom stereocenters. The first-order valence-electron chi connectivity index (χ1n) is 10.5. The lowest BCUT2D eigenvalue weighted by Crippen LogP contribution is -2.53. The molecule has 0 spiro atoms. The maximum atomic E-state index is 13.0. The van der Waals surface area contributed by atoms with Crippen molar-refractivity contribution >= 4 is 24.2 Å². The van der Waals surface area contributed by atoms with Crippen LogP contribution in [0.15, 0.2) is 24.3 Å². The summed E-state index contributed by atoms with van der Waals surface area (Å²) in [6, 6.07) is 6.51. The molecule has 6 nitrogen and oxygen atoms in total. The van der Waals surface area contributed by atoms with Crippen molar-refractivity contribution in [3.05, 3.63) is 29.8 Å². The molecule has 0 bridgehead atoms. The number of ether oxygens (including phenoxy) is 1. The molecule has 1 fully saturated rings. The van der Waals surface area contributed by atoms with Gasteiger partial charge in [-0.15, -0.1) is 12.4 Å². The molecule has 7 heteroatoms. The largest absolute Gasteiger partial charge is 0.494 e. The highest BCUT2D eigenvalue weighted by Gasteiger charge is 2.31. The topological polar surface area (TPSA) is 70.7 Å². The van der Waals surface area contributed by atoms with Crippen molar-refractivity contribution in [1.29, 1.82) is 0 Å². The van der Waals surface area contributed by atoms with Gasteiger partial charge >= 0.3 is 0 Å². The zero-order valence-corrected chi connectivity index (χ0v) is 18.9. The number of likely N-dealkylation sites (tertiary alicyclic amines) is 1. The molecule has 1 heterocycles. The van der Waals surface area contributed by atoms with E-state index in [2.05, 4.69) is 17.6 Å². The van der Waals surface area contributed by atoms with Crippen LogP contribution in [0, 0.1) is 11.8 Å². The summed E-state index contributed by atoms with van der Waals surface area (Å²) in [7, 11) is 0. The molecule has 0 aromatic heterocycles. The first kappa shape index (κ1) is 25.2. The molecule has 1 aliphatic rings. The Morgan fingerprint density at radius 1 is 1.14 bits per heavy atom. The molecule has 164 valence electrons. The van der Waals surface area contributed by atoms with Gasteiger partial charge in [-0.1, -0.05) is 20.8 Å². The lowest BCUT2D eigenvalue weighted by atomic mass is 9.95. The molecule has 1 aromatic carbocycles. The van der Waals surface area contributed by atoms with Crippen LogP contribution >= 0.6 is 12.4 Å².